The van der Waals surface area contributed by atoms with E-state index in [4.69, 9.17) is 0 Å². The standard InChI is InChI=1S/C25H20F2/c1-2-3-4-5-19-6-8-20(9-7-19)10-11-21-12-17-24(25(27)18-21)22-13-15-23(26)16-14-22/h2,6-9,12-18H,1,3-5H2. The van der Waals surface area contributed by atoms with Crippen LogP contribution in [0, 0.1) is 23.5 Å². The zero-order valence-electron chi connectivity index (χ0n) is 15.0. The minimum Gasteiger partial charge on any atom is -0.207 e. The largest absolute Gasteiger partial charge is 0.207 e. The van der Waals surface area contributed by atoms with E-state index >= 15 is 0 Å². The third-order valence-corrected chi connectivity index (χ3v) is 4.30. The van der Waals surface area contributed by atoms with Gasteiger partial charge in [-0.2, -0.15) is 0 Å². The smallest absolute Gasteiger partial charge is 0.132 e. The molecule has 0 aliphatic heterocycles. The molecule has 0 bridgehead atoms. The molecule has 0 unspecified atom stereocenters. The van der Waals surface area contributed by atoms with Crippen LogP contribution in [0.4, 0.5) is 8.78 Å². The fraction of sp³-hybridized carbons (Fsp3) is 0.120. The highest BCUT2D eigenvalue weighted by Crippen LogP contribution is 2.23. The molecule has 0 amide bonds. The Kier molecular flexibility index (Phi) is 6.18. The van der Waals surface area contributed by atoms with Crippen molar-refractivity contribution in [1.29, 1.82) is 0 Å². The average Bonchev–Trinajstić information content (AvgIpc) is 2.68. The molecular weight excluding hydrogens is 338 g/mol. The number of halogens is 2. The van der Waals surface area contributed by atoms with Crippen molar-refractivity contribution >= 4 is 0 Å². The van der Waals surface area contributed by atoms with Crippen LogP contribution < -0.4 is 0 Å². The van der Waals surface area contributed by atoms with Gasteiger partial charge < -0.3 is 0 Å². The summed E-state index contributed by atoms with van der Waals surface area (Å²) in [5.74, 6) is 5.36. The normalized spacial score (nSPS) is 10.1. The second kappa shape index (κ2) is 8.96. The zero-order valence-corrected chi connectivity index (χ0v) is 15.0. The number of hydrogen-bond acceptors (Lipinski definition) is 0. The van der Waals surface area contributed by atoms with Crippen LogP contribution in [0.25, 0.3) is 11.1 Å². The average molecular weight is 358 g/mol. The zero-order chi connectivity index (χ0) is 19.1. The molecular formula is C25H20F2. The summed E-state index contributed by atoms with van der Waals surface area (Å²) >= 11 is 0. The van der Waals surface area contributed by atoms with E-state index in [1.807, 2.05) is 18.2 Å². The van der Waals surface area contributed by atoms with Gasteiger partial charge in [0.05, 0.1) is 0 Å². The summed E-state index contributed by atoms with van der Waals surface area (Å²) < 4.78 is 27.4. The van der Waals surface area contributed by atoms with Gasteiger partial charge >= 0.3 is 0 Å². The molecule has 0 nitrogen and oxygen atoms in total. The van der Waals surface area contributed by atoms with Crippen LogP contribution in [-0.4, -0.2) is 0 Å². The first-order valence-corrected chi connectivity index (χ1v) is 8.93. The predicted octanol–water partition coefficient (Wildman–Crippen LogP) is 6.54. The molecule has 0 saturated heterocycles. The maximum Gasteiger partial charge on any atom is 0.132 e. The molecule has 3 rings (SSSR count). The molecule has 0 saturated carbocycles. The van der Waals surface area contributed by atoms with Gasteiger partial charge in [0, 0.05) is 16.7 Å². The van der Waals surface area contributed by atoms with Crippen molar-refractivity contribution in [1.82, 2.24) is 0 Å². The van der Waals surface area contributed by atoms with Crippen molar-refractivity contribution < 1.29 is 8.78 Å². The molecule has 3 aromatic rings. The summed E-state index contributed by atoms with van der Waals surface area (Å²) in [6.07, 6.45) is 5.06. The number of allylic oxidation sites excluding steroid dienone is 1. The van der Waals surface area contributed by atoms with E-state index in [2.05, 4.69) is 30.6 Å². The van der Waals surface area contributed by atoms with Crippen molar-refractivity contribution in [3.63, 3.8) is 0 Å². The Morgan fingerprint density at radius 3 is 2.15 bits per heavy atom. The first-order valence-electron chi connectivity index (χ1n) is 8.93. The Labute approximate surface area is 159 Å². The van der Waals surface area contributed by atoms with Gasteiger partial charge in [-0.05, 0) is 66.8 Å². The Hall–Kier alpha value is -3.18. The van der Waals surface area contributed by atoms with Crippen LogP contribution in [0.5, 0.6) is 0 Å². The SMILES string of the molecule is C=CCCCc1ccc(C#Cc2ccc(-c3ccc(F)cc3)c(F)c2)cc1. The number of benzene rings is 3. The van der Waals surface area contributed by atoms with E-state index in [0.717, 1.165) is 24.8 Å². The fourth-order valence-corrected chi connectivity index (χ4v) is 2.81. The predicted molar refractivity (Wildman–Crippen MR) is 107 cm³/mol. The van der Waals surface area contributed by atoms with Crippen LogP contribution in [0.2, 0.25) is 0 Å². The van der Waals surface area contributed by atoms with Crippen molar-refractivity contribution in [2.24, 2.45) is 0 Å². The molecule has 134 valence electrons. The number of unbranched alkanes of at least 4 members (excludes halogenated alkanes) is 1. The Bertz CT molecular complexity index is 972. The van der Waals surface area contributed by atoms with Crippen molar-refractivity contribution in [2.75, 3.05) is 0 Å². The van der Waals surface area contributed by atoms with E-state index in [-0.39, 0.29) is 11.6 Å². The molecule has 3 aromatic carbocycles. The minimum atomic E-state index is -0.369. The quantitative estimate of drug-likeness (QED) is 0.276. The van der Waals surface area contributed by atoms with Crippen molar-refractivity contribution in [3.8, 4) is 23.0 Å². The lowest BCUT2D eigenvalue weighted by Gasteiger charge is -2.04. The van der Waals surface area contributed by atoms with Crippen molar-refractivity contribution in [3.05, 3.63) is 108 Å². The molecule has 0 spiro atoms. The van der Waals surface area contributed by atoms with Crippen LogP contribution in [0.3, 0.4) is 0 Å². The number of hydrogen-bond donors (Lipinski definition) is 0. The third kappa shape index (κ3) is 5.15. The van der Waals surface area contributed by atoms with Crippen LogP contribution >= 0.6 is 0 Å². The molecule has 0 aliphatic carbocycles. The fourth-order valence-electron chi connectivity index (χ4n) is 2.81. The Balaban J connectivity index is 1.72. The summed E-state index contributed by atoms with van der Waals surface area (Å²) in [6.45, 7) is 3.73. The summed E-state index contributed by atoms with van der Waals surface area (Å²) in [5, 5.41) is 0. The monoisotopic (exact) mass is 358 g/mol. The Morgan fingerprint density at radius 1 is 0.815 bits per heavy atom. The van der Waals surface area contributed by atoms with Gasteiger partial charge in [0.2, 0.25) is 0 Å². The highest BCUT2D eigenvalue weighted by atomic mass is 19.1. The number of rotatable bonds is 5. The lowest BCUT2D eigenvalue weighted by atomic mass is 10.0. The maximum absolute atomic E-state index is 14.4. The van der Waals surface area contributed by atoms with Gasteiger partial charge in [-0.25, -0.2) is 8.78 Å². The van der Waals surface area contributed by atoms with E-state index in [0.29, 0.717) is 16.7 Å². The van der Waals surface area contributed by atoms with Crippen LogP contribution in [0.15, 0.2) is 79.4 Å². The second-order valence-corrected chi connectivity index (χ2v) is 6.33. The summed E-state index contributed by atoms with van der Waals surface area (Å²) in [7, 11) is 0. The molecule has 0 heterocycles. The molecule has 0 radical (unpaired) electrons. The van der Waals surface area contributed by atoms with E-state index in [1.54, 1.807) is 24.3 Å². The number of aryl methyl sites for hydroxylation is 1. The van der Waals surface area contributed by atoms with Gasteiger partial charge in [0.25, 0.3) is 0 Å². The van der Waals surface area contributed by atoms with Crippen molar-refractivity contribution in [2.45, 2.75) is 19.3 Å². The molecule has 0 aromatic heterocycles. The van der Waals surface area contributed by atoms with Gasteiger partial charge in [0.15, 0.2) is 0 Å². The molecule has 0 atom stereocenters. The second-order valence-electron chi connectivity index (χ2n) is 6.33. The van der Waals surface area contributed by atoms with Gasteiger partial charge in [-0.1, -0.05) is 48.2 Å². The van der Waals surface area contributed by atoms with Crippen LogP contribution in [-0.2, 0) is 6.42 Å². The van der Waals surface area contributed by atoms with E-state index < -0.39 is 0 Å². The highest BCUT2D eigenvalue weighted by molar-refractivity contribution is 5.65. The van der Waals surface area contributed by atoms with Gasteiger partial charge in [-0.3, -0.25) is 0 Å². The Morgan fingerprint density at radius 2 is 1.48 bits per heavy atom. The minimum absolute atomic E-state index is 0.339. The summed E-state index contributed by atoms with van der Waals surface area (Å²) in [4.78, 5) is 0. The van der Waals surface area contributed by atoms with Gasteiger partial charge in [-0.15, -0.1) is 6.58 Å². The molecule has 2 heteroatoms. The molecule has 0 aliphatic rings. The summed E-state index contributed by atoms with van der Waals surface area (Å²) in [5.41, 5.74) is 3.85. The van der Waals surface area contributed by atoms with E-state index in [9.17, 15) is 8.78 Å². The molecule has 0 N–H and O–H groups in total. The lowest BCUT2D eigenvalue weighted by molar-refractivity contribution is 0.625. The molecule has 27 heavy (non-hydrogen) atoms. The molecule has 0 fully saturated rings. The third-order valence-electron chi connectivity index (χ3n) is 4.30. The topological polar surface area (TPSA) is 0 Å². The summed E-state index contributed by atoms with van der Waals surface area (Å²) in [6, 6.07) is 18.8. The van der Waals surface area contributed by atoms with Gasteiger partial charge in [0.1, 0.15) is 11.6 Å². The van der Waals surface area contributed by atoms with Crippen LogP contribution in [0.1, 0.15) is 29.5 Å². The van der Waals surface area contributed by atoms with E-state index in [1.165, 1.54) is 23.8 Å². The first kappa shape index (κ1) is 18.6. The first-order chi connectivity index (χ1) is 13.2. The lowest BCUT2D eigenvalue weighted by Crippen LogP contribution is -1.87. The highest BCUT2D eigenvalue weighted by Gasteiger charge is 2.05. The maximum atomic E-state index is 14.4.